The number of methoxy groups -OCH3 is 1. The van der Waals surface area contributed by atoms with Crippen molar-refractivity contribution in [1.29, 1.82) is 0 Å². The zero-order valence-electron chi connectivity index (χ0n) is 12.4. The lowest BCUT2D eigenvalue weighted by atomic mass is 10.0. The van der Waals surface area contributed by atoms with Crippen molar-refractivity contribution in [3.63, 3.8) is 0 Å². The summed E-state index contributed by atoms with van der Waals surface area (Å²) >= 11 is 0. The van der Waals surface area contributed by atoms with E-state index in [0.717, 1.165) is 11.3 Å². The van der Waals surface area contributed by atoms with Crippen molar-refractivity contribution in [3.05, 3.63) is 29.8 Å². The second kappa shape index (κ2) is 7.53. The summed E-state index contributed by atoms with van der Waals surface area (Å²) < 4.78 is 5.23. The smallest absolute Gasteiger partial charge is 0.243 e. The number of para-hydroxylation sites is 1. The van der Waals surface area contributed by atoms with E-state index in [-0.39, 0.29) is 17.7 Å². The van der Waals surface area contributed by atoms with Crippen LogP contribution in [-0.2, 0) is 16.1 Å². The van der Waals surface area contributed by atoms with Gasteiger partial charge in [0.05, 0.1) is 7.11 Å². The number of rotatable bonds is 6. The molecular formula is C15H22N2O3. The highest BCUT2D eigenvalue weighted by molar-refractivity contribution is 5.87. The molecule has 1 aromatic carbocycles. The van der Waals surface area contributed by atoms with Crippen LogP contribution in [0.25, 0.3) is 0 Å². The van der Waals surface area contributed by atoms with E-state index < -0.39 is 6.04 Å². The minimum Gasteiger partial charge on any atom is -0.496 e. The maximum absolute atomic E-state index is 12.1. The maximum Gasteiger partial charge on any atom is 0.243 e. The number of benzene rings is 1. The summed E-state index contributed by atoms with van der Waals surface area (Å²) in [4.78, 5) is 23.3. The van der Waals surface area contributed by atoms with Crippen molar-refractivity contribution < 1.29 is 14.3 Å². The molecule has 110 valence electrons. The highest BCUT2D eigenvalue weighted by Crippen LogP contribution is 2.16. The van der Waals surface area contributed by atoms with Gasteiger partial charge in [-0.05, 0) is 12.0 Å². The minimum atomic E-state index is -0.526. The maximum atomic E-state index is 12.1. The lowest BCUT2D eigenvalue weighted by Gasteiger charge is -2.21. The number of hydrogen-bond donors (Lipinski definition) is 2. The summed E-state index contributed by atoms with van der Waals surface area (Å²) in [6.45, 7) is 5.56. The molecule has 0 saturated heterocycles. The van der Waals surface area contributed by atoms with Gasteiger partial charge in [0.15, 0.2) is 0 Å². The van der Waals surface area contributed by atoms with Gasteiger partial charge in [-0.25, -0.2) is 0 Å². The number of nitrogens with one attached hydrogen (secondary N) is 2. The Morgan fingerprint density at radius 1 is 1.25 bits per heavy atom. The average Bonchev–Trinajstić information content (AvgIpc) is 2.42. The molecule has 0 aliphatic carbocycles. The minimum absolute atomic E-state index is 0.0246. The number of ether oxygens (including phenoxy) is 1. The zero-order chi connectivity index (χ0) is 15.1. The van der Waals surface area contributed by atoms with Crippen LogP contribution in [0.2, 0.25) is 0 Å². The number of carbonyl (C=O) groups is 2. The van der Waals surface area contributed by atoms with E-state index in [9.17, 15) is 9.59 Å². The van der Waals surface area contributed by atoms with Gasteiger partial charge in [-0.2, -0.15) is 0 Å². The van der Waals surface area contributed by atoms with Crippen molar-refractivity contribution in [2.45, 2.75) is 33.4 Å². The molecule has 0 aliphatic rings. The highest BCUT2D eigenvalue weighted by Gasteiger charge is 2.22. The quantitative estimate of drug-likeness (QED) is 0.828. The molecule has 0 aromatic heterocycles. The molecule has 1 atom stereocenters. The molecular weight excluding hydrogens is 256 g/mol. The van der Waals surface area contributed by atoms with Crippen molar-refractivity contribution in [1.82, 2.24) is 10.6 Å². The van der Waals surface area contributed by atoms with Gasteiger partial charge in [-0.15, -0.1) is 0 Å². The van der Waals surface area contributed by atoms with Gasteiger partial charge in [-0.1, -0.05) is 32.0 Å². The second-order valence-corrected chi connectivity index (χ2v) is 4.95. The van der Waals surface area contributed by atoms with Crippen LogP contribution in [0.5, 0.6) is 5.75 Å². The number of amides is 2. The van der Waals surface area contributed by atoms with Gasteiger partial charge in [0.2, 0.25) is 11.8 Å². The summed E-state index contributed by atoms with van der Waals surface area (Å²) in [7, 11) is 1.59. The largest absolute Gasteiger partial charge is 0.496 e. The Balaban J connectivity index is 2.67. The molecule has 5 heteroatoms. The van der Waals surface area contributed by atoms with E-state index in [2.05, 4.69) is 10.6 Å². The molecule has 0 spiro atoms. The van der Waals surface area contributed by atoms with E-state index in [1.807, 2.05) is 38.1 Å². The summed E-state index contributed by atoms with van der Waals surface area (Å²) in [5.74, 6) is 0.349. The second-order valence-electron chi connectivity index (χ2n) is 4.95. The van der Waals surface area contributed by atoms with Crippen LogP contribution in [0.3, 0.4) is 0 Å². The average molecular weight is 278 g/mol. The third-order valence-electron chi connectivity index (χ3n) is 2.95. The molecule has 0 radical (unpaired) electrons. The van der Waals surface area contributed by atoms with Gasteiger partial charge < -0.3 is 15.4 Å². The third kappa shape index (κ3) is 4.57. The Hall–Kier alpha value is -2.04. The van der Waals surface area contributed by atoms with E-state index in [1.165, 1.54) is 6.92 Å². The first-order valence-corrected chi connectivity index (χ1v) is 6.62. The van der Waals surface area contributed by atoms with Gasteiger partial charge in [-0.3, -0.25) is 9.59 Å². The van der Waals surface area contributed by atoms with Crippen LogP contribution in [0.1, 0.15) is 26.3 Å². The lowest BCUT2D eigenvalue weighted by Crippen LogP contribution is -2.48. The third-order valence-corrected chi connectivity index (χ3v) is 2.95. The Kier molecular flexibility index (Phi) is 6.03. The van der Waals surface area contributed by atoms with E-state index in [1.54, 1.807) is 7.11 Å². The van der Waals surface area contributed by atoms with Crippen molar-refractivity contribution in [2.24, 2.45) is 5.92 Å². The molecule has 20 heavy (non-hydrogen) atoms. The summed E-state index contributed by atoms with van der Waals surface area (Å²) in [6, 6.07) is 6.97. The molecule has 0 saturated carbocycles. The molecule has 1 aromatic rings. The van der Waals surface area contributed by atoms with Crippen molar-refractivity contribution in [2.75, 3.05) is 7.11 Å². The summed E-state index contributed by atoms with van der Waals surface area (Å²) in [5, 5.41) is 5.49. The SMILES string of the molecule is COc1ccccc1CNC(=O)[C@H](NC(C)=O)C(C)C. The van der Waals surface area contributed by atoms with Crippen LogP contribution < -0.4 is 15.4 Å². The highest BCUT2D eigenvalue weighted by atomic mass is 16.5. The Morgan fingerprint density at radius 2 is 1.90 bits per heavy atom. The van der Waals surface area contributed by atoms with Gasteiger partial charge in [0, 0.05) is 19.0 Å². The van der Waals surface area contributed by atoms with Crippen LogP contribution >= 0.6 is 0 Å². The standard InChI is InChI=1S/C15H22N2O3/c1-10(2)14(17-11(3)18)15(19)16-9-12-7-5-6-8-13(12)20-4/h5-8,10,14H,9H2,1-4H3,(H,16,19)(H,17,18)/t14-/m1/s1. The Morgan fingerprint density at radius 3 is 2.45 bits per heavy atom. The van der Waals surface area contributed by atoms with Crippen molar-refractivity contribution >= 4 is 11.8 Å². The van der Waals surface area contributed by atoms with Gasteiger partial charge in [0.25, 0.3) is 0 Å². The first kappa shape index (κ1) is 16.0. The fourth-order valence-electron chi connectivity index (χ4n) is 1.90. The molecule has 0 fully saturated rings. The van der Waals surface area contributed by atoms with E-state index in [0.29, 0.717) is 6.54 Å². The van der Waals surface area contributed by atoms with E-state index >= 15 is 0 Å². The summed E-state index contributed by atoms with van der Waals surface area (Å²) in [5.41, 5.74) is 0.897. The molecule has 0 aliphatic heterocycles. The molecule has 0 heterocycles. The Bertz CT molecular complexity index is 472. The van der Waals surface area contributed by atoms with Crippen LogP contribution in [0.15, 0.2) is 24.3 Å². The first-order valence-electron chi connectivity index (χ1n) is 6.62. The predicted molar refractivity (Wildman–Crippen MR) is 77.3 cm³/mol. The fourth-order valence-corrected chi connectivity index (χ4v) is 1.90. The van der Waals surface area contributed by atoms with Crippen LogP contribution in [0, 0.1) is 5.92 Å². The molecule has 1 rings (SSSR count). The molecule has 0 bridgehead atoms. The molecule has 0 unspecified atom stereocenters. The first-order chi connectivity index (χ1) is 9.45. The van der Waals surface area contributed by atoms with Gasteiger partial charge in [0.1, 0.15) is 11.8 Å². The topological polar surface area (TPSA) is 67.4 Å². The molecule has 5 nitrogen and oxygen atoms in total. The van der Waals surface area contributed by atoms with Crippen molar-refractivity contribution in [3.8, 4) is 5.75 Å². The normalized spacial score (nSPS) is 11.8. The molecule has 2 N–H and O–H groups in total. The van der Waals surface area contributed by atoms with Gasteiger partial charge >= 0.3 is 0 Å². The zero-order valence-corrected chi connectivity index (χ0v) is 12.4. The van der Waals surface area contributed by atoms with E-state index in [4.69, 9.17) is 4.74 Å². The number of carbonyl (C=O) groups excluding carboxylic acids is 2. The summed E-state index contributed by atoms with van der Waals surface area (Å²) in [6.07, 6.45) is 0. The molecule has 2 amide bonds. The fraction of sp³-hybridized carbons (Fsp3) is 0.467. The number of hydrogen-bond acceptors (Lipinski definition) is 3. The van der Waals surface area contributed by atoms with Crippen LogP contribution in [-0.4, -0.2) is 25.0 Å². The Labute approximate surface area is 119 Å². The van der Waals surface area contributed by atoms with Crippen LogP contribution in [0.4, 0.5) is 0 Å². The lowest BCUT2D eigenvalue weighted by molar-refractivity contribution is -0.129. The monoisotopic (exact) mass is 278 g/mol. The predicted octanol–water partition coefficient (Wildman–Crippen LogP) is 1.47.